The summed E-state index contributed by atoms with van der Waals surface area (Å²) >= 11 is 5.28. The third-order valence-electron chi connectivity index (χ3n) is 3.93. The van der Waals surface area contributed by atoms with Crippen LogP contribution in [-0.2, 0) is 0 Å². The molecule has 1 aromatic carbocycles. The van der Waals surface area contributed by atoms with E-state index in [0.717, 1.165) is 24.2 Å². The van der Waals surface area contributed by atoms with Crippen LogP contribution in [0.25, 0.3) is 11.4 Å². The third kappa shape index (κ3) is 3.83. The monoisotopic (exact) mass is 352 g/mol. The van der Waals surface area contributed by atoms with Gasteiger partial charge in [0.2, 0.25) is 4.77 Å². The van der Waals surface area contributed by atoms with E-state index < -0.39 is 0 Å². The van der Waals surface area contributed by atoms with Gasteiger partial charge in [0.05, 0.1) is 6.21 Å². The van der Waals surface area contributed by atoms with Crippen molar-refractivity contribution in [1.82, 2.24) is 19.9 Å². The molecule has 0 saturated heterocycles. The molecule has 0 aliphatic heterocycles. The van der Waals surface area contributed by atoms with Gasteiger partial charge < -0.3 is 4.90 Å². The number of hydrogen-bond donors (Lipinski definition) is 1. The van der Waals surface area contributed by atoms with E-state index in [4.69, 9.17) is 12.2 Å². The highest BCUT2D eigenvalue weighted by molar-refractivity contribution is 7.71. The molecular formula is C18H20N6S. The van der Waals surface area contributed by atoms with Crippen molar-refractivity contribution >= 4 is 24.1 Å². The Morgan fingerprint density at radius 2 is 1.80 bits per heavy atom. The number of nitrogens with zero attached hydrogens (tertiary/aromatic N) is 5. The zero-order valence-electron chi connectivity index (χ0n) is 14.3. The van der Waals surface area contributed by atoms with Crippen LogP contribution in [0.15, 0.2) is 53.9 Å². The first kappa shape index (κ1) is 17.0. The van der Waals surface area contributed by atoms with Crippen LogP contribution in [0.1, 0.15) is 19.4 Å². The molecule has 0 radical (unpaired) electrons. The zero-order chi connectivity index (χ0) is 17.6. The van der Waals surface area contributed by atoms with Gasteiger partial charge in [-0.05, 0) is 55.9 Å². The number of benzene rings is 1. The van der Waals surface area contributed by atoms with Crippen molar-refractivity contribution in [3.8, 4) is 11.4 Å². The molecule has 6 nitrogen and oxygen atoms in total. The van der Waals surface area contributed by atoms with E-state index in [2.05, 4.69) is 51.2 Å². The van der Waals surface area contributed by atoms with Gasteiger partial charge in [-0.15, -0.1) is 0 Å². The molecule has 0 aliphatic rings. The SMILES string of the molecule is CCN(CC)c1ccc(/C=N\n2c(-c3ccncc3)n[nH]c2=S)cc1. The second-order valence-corrected chi connectivity index (χ2v) is 5.80. The topological polar surface area (TPSA) is 62.1 Å². The molecule has 3 aromatic rings. The minimum atomic E-state index is 0.447. The van der Waals surface area contributed by atoms with Crippen LogP contribution in [0.3, 0.4) is 0 Å². The highest BCUT2D eigenvalue weighted by Gasteiger charge is 2.07. The Hall–Kier alpha value is -2.80. The molecule has 0 bridgehead atoms. The van der Waals surface area contributed by atoms with Gasteiger partial charge >= 0.3 is 0 Å². The predicted molar refractivity (Wildman–Crippen MR) is 104 cm³/mol. The van der Waals surface area contributed by atoms with Crippen molar-refractivity contribution in [2.75, 3.05) is 18.0 Å². The Bertz CT molecular complexity index is 891. The molecule has 7 heteroatoms. The molecule has 2 heterocycles. The molecule has 0 saturated carbocycles. The minimum absolute atomic E-state index is 0.447. The molecule has 0 spiro atoms. The molecule has 0 atom stereocenters. The predicted octanol–water partition coefficient (Wildman–Crippen LogP) is 3.73. The smallest absolute Gasteiger partial charge is 0.216 e. The van der Waals surface area contributed by atoms with Crippen LogP contribution in [0, 0.1) is 4.77 Å². The lowest BCUT2D eigenvalue weighted by molar-refractivity contribution is 0.865. The number of rotatable bonds is 6. The molecule has 0 unspecified atom stereocenters. The number of anilines is 1. The summed E-state index contributed by atoms with van der Waals surface area (Å²) in [5.41, 5.74) is 3.11. The normalized spacial score (nSPS) is 11.1. The Labute approximate surface area is 151 Å². The number of H-pyrrole nitrogens is 1. The summed E-state index contributed by atoms with van der Waals surface area (Å²) in [4.78, 5) is 6.32. The van der Waals surface area contributed by atoms with E-state index in [9.17, 15) is 0 Å². The molecule has 0 amide bonds. The van der Waals surface area contributed by atoms with Gasteiger partial charge in [-0.2, -0.15) is 14.9 Å². The molecule has 25 heavy (non-hydrogen) atoms. The highest BCUT2D eigenvalue weighted by atomic mass is 32.1. The average Bonchev–Trinajstić information content (AvgIpc) is 3.03. The standard InChI is InChI=1S/C18H20N6S/c1-3-23(4-2)16-7-5-14(6-8-16)13-20-24-17(21-22-18(24)25)15-9-11-19-12-10-15/h5-13H,3-4H2,1-2H3,(H,22,25)/b20-13-. The lowest BCUT2D eigenvalue weighted by Gasteiger charge is -2.20. The summed E-state index contributed by atoms with van der Waals surface area (Å²) in [6.45, 7) is 6.28. The van der Waals surface area contributed by atoms with Gasteiger partial charge in [-0.1, -0.05) is 12.1 Å². The molecule has 3 rings (SSSR count). The number of nitrogens with one attached hydrogen (secondary N) is 1. The second kappa shape index (κ2) is 7.85. The van der Waals surface area contributed by atoms with Gasteiger partial charge in [0.1, 0.15) is 0 Å². The van der Waals surface area contributed by atoms with Crippen molar-refractivity contribution in [3.63, 3.8) is 0 Å². The first-order valence-corrected chi connectivity index (χ1v) is 8.61. The van der Waals surface area contributed by atoms with Gasteiger partial charge in [-0.3, -0.25) is 4.98 Å². The fraction of sp³-hybridized carbons (Fsp3) is 0.222. The van der Waals surface area contributed by atoms with E-state index in [0.29, 0.717) is 10.6 Å². The number of pyridine rings is 1. The number of aromatic nitrogens is 4. The Morgan fingerprint density at radius 3 is 2.44 bits per heavy atom. The Balaban J connectivity index is 1.86. The lowest BCUT2D eigenvalue weighted by atomic mass is 10.2. The minimum Gasteiger partial charge on any atom is -0.372 e. The van der Waals surface area contributed by atoms with Crippen LogP contribution in [0.4, 0.5) is 5.69 Å². The summed E-state index contributed by atoms with van der Waals surface area (Å²) in [6.07, 6.45) is 5.21. The zero-order valence-corrected chi connectivity index (χ0v) is 15.1. The first-order valence-electron chi connectivity index (χ1n) is 8.20. The average molecular weight is 352 g/mol. The van der Waals surface area contributed by atoms with Crippen molar-refractivity contribution in [1.29, 1.82) is 0 Å². The summed E-state index contributed by atoms with van der Waals surface area (Å²) < 4.78 is 2.06. The molecular weight excluding hydrogens is 332 g/mol. The van der Waals surface area contributed by atoms with Crippen molar-refractivity contribution in [2.24, 2.45) is 5.10 Å². The fourth-order valence-corrected chi connectivity index (χ4v) is 2.75. The first-order chi connectivity index (χ1) is 12.2. The van der Waals surface area contributed by atoms with E-state index in [1.54, 1.807) is 23.3 Å². The fourth-order valence-electron chi connectivity index (χ4n) is 2.57. The largest absolute Gasteiger partial charge is 0.372 e. The van der Waals surface area contributed by atoms with E-state index >= 15 is 0 Å². The lowest BCUT2D eigenvalue weighted by Crippen LogP contribution is -2.21. The molecule has 2 aromatic heterocycles. The van der Waals surface area contributed by atoms with E-state index in [1.165, 1.54) is 5.69 Å². The molecule has 1 N–H and O–H groups in total. The maximum absolute atomic E-state index is 5.28. The van der Waals surface area contributed by atoms with Gasteiger partial charge in [-0.25, -0.2) is 5.10 Å². The Morgan fingerprint density at radius 1 is 1.12 bits per heavy atom. The van der Waals surface area contributed by atoms with Crippen LogP contribution < -0.4 is 4.90 Å². The quantitative estimate of drug-likeness (QED) is 0.542. The van der Waals surface area contributed by atoms with Crippen LogP contribution in [0.2, 0.25) is 0 Å². The number of hydrogen-bond acceptors (Lipinski definition) is 5. The highest BCUT2D eigenvalue weighted by Crippen LogP contribution is 2.17. The maximum atomic E-state index is 5.28. The third-order valence-corrected chi connectivity index (χ3v) is 4.20. The van der Waals surface area contributed by atoms with Crippen LogP contribution in [-0.4, -0.2) is 39.2 Å². The number of aromatic amines is 1. The van der Waals surface area contributed by atoms with E-state index in [1.807, 2.05) is 24.3 Å². The van der Waals surface area contributed by atoms with Crippen molar-refractivity contribution in [2.45, 2.75) is 13.8 Å². The molecule has 128 valence electrons. The maximum Gasteiger partial charge on any atom is 0.216 e. The summed E-state index contributed by atoms with van der Waals surface area (Å²) in [5, 5.41) is 11.5. The van der Waals surface area contributed by atoms with Gasteiger partial charge in [0.15, 0.2) is 5.82 Å². The van der Waals surface area contributed by atoms with Gasteiger partial charge in [0, 0.05) is 36.7 Å². The Kier molecular flexibility index (Phi) is 5.35. The second-order valence-electron chi connectivity index (χ2n) is 5.41. The molecule has 0 aliphatic carbocycles. The summed E-state index contributed by atoms with van der Waals surface area (Å²) in [6, 6.07) is 12.0. The summed E-state index contributed by atoms with van der Waals surface area (Å²) in [5.74, 6) is 0.656. The van der Waals surface area contributed by atoms with Crippen molar-refractivity contribution in [3.05, 3.63) is 59.1 Å². The molecule has 0 fully saturated rings. The van der Waals surface area contributed by atoms with Crippen molar-refractivity contribution < 1.29 is 0 Å². The van der Waals surface area contributed by atoms with Crippen LogP contribution in [0.5, 0.6) is 0 Å². The summed E-state index contributed by atoms with van der Waals surface area (Å²) in [7, 11) is 0. The van der Waals surface area contributed by atoms with Gasteiger partial charge in [0.25, 0.3) is 0 Å². The van der Waals surface area contributed by atoms with Crippen LogP contribution >= 0.6 is 12.2 Å². The van der Waals surface area contributed by atoms with E-state index in [-0.39, 0.29) is 0 Å².